The zero-order chi connectivity index (χ0) is 45.4. The van der Waals surface area contributed by atoms with Crippen LogP contribution >= 0.6 is 0 Å². The standard InChI is InChI=1S/C48H59N9O6/c1-9-31(5)43(55-47(61)63-8)45(59)56(25-30(4)22-49)26-40-51-24-39(53-40)37-17-16-35-20-34(14-15-36(35)21-37)32-10-12-33(13-11-32)38-23-50-41(52-38)27-57(28-48(6)18-19-48)44(58)42(29(2)3)54-46(60)62-7/h10-17,20-21,23-24,29-31,42-43H,9,18-19,25-28H2,1-8H3,(H,50,52)(H,51,53)(H,54,60)(H,55,61)/t30?,31?,42-,43-/m0/s1. The third kappa shape index (κ3) is 11.4. The van der Waals surface area contributed by atoms with E-state index in [1.165, 1.54) is 14.2 Å². The topological polar surface area (TPSA) is 198 Å². The number of aromatic amines is 2. The Bertz CT molecular complexity index is 2450. The Kier molecular flexibility index (Phi) is 14.6. The zero-order valence-electron chi connectivity index (χ0n) is 37.5. The number of hydrogen-bond donors (Lipinski definition) is 4. The Morgan fingerprint density at radius 1 is 0.746 bits per heavy atom. The molecule has 0 radical (unpaired) electrons. The first kappa shape index (κ1) is 45.8. The molecule has 4 amide bonds. The molecule has 3 aromatic carbocycles. The number of nitriles is 1. The van der Waals surface area contributed by atoms with Crippen molar-refractivity contribution in [3.63, 3.8) is 0 Å². The van der Waals surface area contributed by atoms with Crippen molar-refractivity contribution < 1.29 is 28.7 Å². The van der Waals surface area contributed by atoms with Gasteiger partial charge in [-0.3, -0.25) is 9.59 Å². The van der Waals surface area contributed by atoms with E-state index in [0.717, 1.165) is 57.3 Å². The second-order valence-corrected chi connectivity index (χ2v) is 17.5. The van der Waals surface area contributed by atoms with Crippen molar-refractivity contribution in [3.05, 3.63) is 84.7 Å². The van der Waals surface area contributed by atoms with Gasteiger partial charge in [-0.25, -0.2) is 19.6 Å². The number of carbonyl (C=O) groups excluding carboxylic acids is 4. The first-order valence-corrected chi connectivity index (χ1v) is 21.5. The average Bonchev–Trinajstić information content (AvgIpc) is 3.59. The van der Waals surface area contributed by atoms with Gasteiger partial charge in [0.05, 0.1) is 63.1 Å². The van der Waals surface area contributed by atoms with Crippen LogP contribution in [-0.4, -0.2) is 93.1 Å². The number of methoxy groups -OCH3 is 2. The molecule has 2 unspecified atom stereocenters. The van der Waals surface area contributed by atoms with Crippen LogP contribution in [0.4, 0.5) is 9.59 Å². The van der Waals surface area contributed by atoms with Crippen LogP contribution in [-0.2, 0) is 32.2 Å². The van der Waals surface area contributed by atoms with Crippen LogP contribution in [0.25, 0.3) is 44.4 Å². The van der Waals surface area contributed by atoms with Gasteiger partial charge in [0.2, 0.25) is 11.8 Å². The van der Waals surface area contributed by atoms with Crippen LogP contribution in [0.5, 0.6) is 0 Å². The molecule has 1 aliphatic rings. The van der Waals surface area contributed by atoms with Gasteiger partial charge >= 0.3 is 12.2 Å². The fourth-order valence-corrected chi connectivity index (χ4v) is 7.59. The quantitative estimate of drug-likeness (QED) is 0.0673. The normalized spacial score (nSPS) is 14.8. The van der Waals surface area contributed by atoms with Gasteiger partial charge in [0.15, 0.2) is 0 Å². The number of carbonyl (C=O) groups is 4. The van der Waals surface area contributed by atoms with Crippen molar-refractivity contribution in [2.45, 2.75) is 86.0 Å². The summed E-state index contributed by atoms with van der Waals surface area (Å²) in [5.74, 6) is 0.0267. The summed E-state index contributed by atoms with van der Waals surface area (Å²) in [5, 5.41) is 17.1. The summed E-state index contributed by atoms with van der Waals surface area (Å²) in [6, 6.07) is 21.5. The fourth-order valence-electron chi connectivity index (χ4n) is 7.59. The minimum absolute atomic E-state index is 0.0555. The number of ether oxygens (including phenoxy) is 2. The number of amides is 4. The van der Waals surface area contributed by atoms with E-state index in [4.69, 9.17) is 9.47 Å². The molecule has 2 aromatic heterocycles. The number of fused-ring (bicyclic) bond motifs is 1. The van der Waals surface area contributed by atoms with Gasteiger partial charge in [-0.05, 0) is 76.6 Å². The monoisotopic (exact) mass is 857 g/mol. The highest BCUT2D eigenvalue weighted by molar-refractivity contribution is 5.91. The van der Waals surface area contributed by atoms with E-state index >= 15 is 0 Å². The van der Waals surface area contributed by atoms with Crippen molar-refractivity contribution >= 4 is 34.8 Å². The first-order chi connectivity index (χ1) is 30.1. The molecule has 1 fully saturated rings. The third-order valence-corrected chi connectivity index (χ3v) is 12.0. The number of aromatic nitrogens is 4. The molecular formula is C48H59N9O6. The molecule has 332 valence electrons. The summed E-state index contributed by atoms with van der Waals surface area (Å²) in [7, 11) is 2.55. The third-order valence-electron chi connectivity index (χ3n) is 12.0. The first-order valence-electron chi connectivity index (χ1n) is 21.5. The average molecular weight is 858 g/mol. The minimum Gasteiger partial charge on any atom is -0.453 e. The van der Waals surface area contributed by atoms with E-state index in [-0.39, 0.29) is 48.7 Å². The summed E-state index contributed by atoms with van der Waals surface area (Å²) >= 11 is 0. The Balaban J connectivity index is 1.14. The number of H-pyrrole nitrogens is 2. The van der Waals surface area contributed by atoms with Crippen LogP contribution < -0.4 is 10.6 Å². The van der Waals surface area contributed by atoms with Crippen molar-refractivity contribution in [3.8, 4) is 39.7 Å². The molecule has 4 N–H and O–H groups in total. The maximum Gasteiger partial charge on any atom is 0.407 e. The highest BCUT2D eigenvalue weighted by Crippen LogP contribution is 2.46. The van der Waals surface area contributed by atoms with Gasteiger partial charge in [0.25, 0.3) is 0 Å². The number of alkyl carbamates (subject to hydrolysis) is 2. The summed E-state index contributed by atoms with van der Waals surface area (Å²) in [6.45, 7) is 12.7. The van der Waals surface area contributed by atoms with Crippen molar-refractivity contribution in [1.82, 2.24) is 40.4 Å². The molecule has 2 heterocycles. The lowest BCUT2D eigenvalue weighted by Crippen LogP contribution is -2.52. The van der Waals surface area contributed by atoms with Gasteiger partial charge in [0, 0.05) is 18.7 Å². The SMILES string of the molecule is CCC(C)[C@H](NC(=O)OC)C(=O)N(Cc1ncc(-c2ccc3cc(-c4ccc(-c5cnc(CN(CC6(C)CC6)C(=O)[C@@H](NC(=O)OC)C(C)C)[nH]5)cc4)ccc3c2)[nH]1)CC(C)C#N. The van der Waals surface area contributed by atoms with E-state index in [1.807, 2.05) is 33.8 Å². The number of hydrogen-bond acceptors (Lipinski definition) is 9. The van der Waals surface area contributed by atoms with Gasteiger partial charge in [-0.2, -0.15) is 5.26 Å². The minimum atomic E-state index is -0.819. The Hall–Kier alpha value is -6.69. The predicted octanol–water partition coefficient (Wildman–Crippen LogP) is 8.06. The summed E-state index contributed by atoms with van der Waals surface area (Å²) in [4.78, 5) is 71.2. The second kappa shape index (κ2) is 20.0. The summed E-state index contributed by atoms with van der Waals surface area (Å²) in [5.41, 5.74) is 5.68. The van der Waals surface area contributed by atoms with Gasteiger partial charge < -0.3 is 39.9 Å². The molecule has 0 saturated heterocycles. The maximum absolute atomic E-state index is 13.8. The van der Waals surface area contributed by atoms with Crippen molar-refractivity contribution in [2.24, 2.45) is 23.2 Å². The van der Waals surface area contributed by atoms with E-state index in [0.29, 0.717) is 24.6 Å². The van der Waals surface area contributed by atoms with Crippen molar-refractivity contribution in [2.75, 3.05) is 27.3 Å². The molecule has 6 rings (SSSR count). The number of rotatable bonds is 18. The molecule has 63 heavy (non-hydrogen) atoms. The molecule has 0 aliphatic heterocycles. The largest absolute Gasteiger partial charge is 0.453 e. The molecule has 0 bridgehead atoms. The molecule has 15 nitrogen and oxygen atoms in total. The predicted molar refractivity (Wildman–Crippen MR) is 240 cm³/mol. The number of nitrogens with one attached hydrogen (secondary N) is 4. The maximum atomic E-state index is 13.8. The Morgan fingerprint density at radius 2 is 1.24 bits per heavy atom. The van der Waals surface area contributed by atoms with E-state index < -0.39 is 30.2 Å². The highest BCUT2D eigenvalue weighted by Gasteiger charge is 2.42. The Labute approximate surface area is 369 Å². The van der Waals surface area contributed by atoms with Crippen LogP contribution in [0, 0.1) is 34.5 Å². The number of imidazole rings is 2. The number of nitrogens with zero attached hydrogens (tertiary/aromatic N) is 5. The van der Waals surface area contributed by atoms with E-state index in [1.54, 1.807) is 29.1 Å². The smallest absolute Gasteiger partial charge is 0.407 e. The van der Waals surface area contributed by atoms with Gasteiger partial charge in [-0.15, -0.1) is 0 Å². The van der Waals surface area contributed by atoms with Gasteiger partial charge in [0.1, 0.15) is 23.7 Å². The lowest BCUT2D eigenvalue weighted by Gasteiger charge is -2.31. The molecule has 15 heteroatoms. The zero-order valence-corrected chi connectivity index (χ0v) is 37.5. The molecular weight excluding hydrogens is 799 g/mol. The summed E-state index contributed by atoms with van der Waals surface area (Å²) < 4.78 is 9.59. The molecule has 0 spiro atoms. The molecule has 4 atom stereocenters. The second-order valence-electron chi connectivity index (χ2n) is 17.5. The lowest BCUT2D eigenvalue weighted by molar-refractivity contribution is -0.136. The van der Waals surface area contributed by atoms with Crippen LogP contribution in [0.15, 0.2) is 73.1 Å². The molecule has 1 saturated carbocycles. The lowest BCUT2D eigenvalue weighted by atomic mass is 9.97. The highest BCUT2D eigenvalue weighted by atomic mass is 16.5. The van der Waals surface area contributed by atoms with Crippen molar-refractivity contribution in [1.29, 1.82) is 5.26 Å². The van der Waals surface area contributed by atoms with Gasteiger partial charge in [-0.1, -0.05) is 89.6 Å². The van der Waals surface area contributed by atoms with Crippen LogP contribution in [0.1, 0.15) is 72.5 Å². The number of benzene rings is 3. The fraction of sp³-hybridized carbons (Fsp3) is 0.438. The summed E-state index contributed by atoms with van der Waals surface area (Å²) in [6.07, 6.45) is 4.95. The molecule has 1 aliphatic carbocycles. The van der Waals surface area contributed by atoms with E-state index in [9.17, 15) is 24.4 Å². The van der Waals surface area contributed by atoms with Crippen LogP contribution in [0.2, 0.25) is 0 Å². The van der Waals surface area contributed by atoms with E-state index in [2.05, 4.69) is 98.2 Å². The van der Waals surface area contributed by atoms with Crippen LogP contribution in [0.3, 0.4) is 0 Å². The Morgan fingerprint density at radius 3 is 1.78 bits per heavy atom. The molecule has 5 aromatic rings.